The summed E-state index contributed by atoms with van der Waals surface area (Å²) in [5.74, 6) is 2.48. The molecule has 20 heavy (non-hydrogen) atoms. The van der Waals surface area contributed by atoms with Crippen LogP contribution in [0.25, 0.3) is 0 Å². The lowest BCUT2D eigenvalue weighted by atomic mass is 10.2. The average molecular weight is 381 g/mol. The molecule has 0 spiro atoms. The smallest absolute Gasteiger partial charge is 0.140 e. The third-order valence-electron chi connectivity index (χ3n) is 2.90. The summed E-state index contributed by atoms with van der Waals surface area (Å²) in [6.07, 6.45) is 0. The molecule has 0 unspecified atom stereocenters. The number of hydrogen-bond donors (Lipinski definition) is 1. The highest BCUT2D eigenvalue weighted by molar-refractivity contribution is 14.1. The molecule has 0 radical (unpaired) electrons. The van der Waals surface area contributed by atoms with Gasteiger partial charge in [0.1, 0.15) is 11.5 Å². The van der Waals surface area contributed by atoms with E-state index in [-0.39, 0.29) is 0 Å². The summed E-state index contributed by atoms with van der Waals surface area (Å²) in [5, 5.41) is 3.46. The molecule has 0 heterocycles. The van der Waals surface area contributed by atoms with E-state index in [0.29, 0.717) is 5.92 Å². The zero-order valence-electron chi connectivity index (χ0n) is 11.9. The number of ether oxygens (including phenoxy) is 1. The second-order valence-electron chi connectivity index (χ2n) is 5.16. The van der Waals surface area contributed by atoms with Gasteiger partial charge in [-0.05, 0) is 53.3 Å². The first-order valence-electron chi connectivity index (χ1n) is 6.88. The summed E-state index contributed by atoms with van der Waals surface area (Å²) in [5.41, 5.74) is 1.19. The van der Waals surface area contributed by atoms with Crippen molar-refractivity contribution < 1.29 is 4.74 Å². The van der Waals surface area contributed by atoms with Crippen LogP contribution < -0.4 is 10.1 Å². The molecule has 0 aliphatic heterocycles. The van der Waals surface area contributed by atoms with Crippen LogP contribution >= 0.6 is 22.6 Å². The summed E-state index contributed by atoms with van der Waals surface area (Å²) in [4.78, 5) is 0. The van der Waals surface area contributed by atoms with Crippen LogP contribution in [0.15, 0.2) is 48.5 Å². The summed E-state index contributed by atoms with van der Waals surface area (Å²) in [7, 11) is 0. The predicted octanol–water partition coefficient (Wildman–Crippen LogP) is 4.83. The number of hydrogen-bond acceptors (Lipinski definition) is 2. The van der Waals surface area contributed by atoms with E-state index < -0.39 is 0 Å². The van der Waals surface area contributed by atoms with E-state index >= 15 is 0 Å². The molecule has 2 aromatic rings. The minimum Gasteiger partial charge on any atom is -0.456 e. The van der Waals surface area contributed by atoms with Crippen LogP contribution in [0.1, 0.15) is 19.4 Å². The molecule has 0 aliphatic rings. The Balaban J connectivity index is 2.10. The van der Waals surface area contributed by atoms with Crippen LogP contribution in [0.3, 0.4) is 0 Å². The quantitative estimate of drug-likeness (QED) is 0.724. The molecule has 0 saturated carbocycles. The summed E-state index contributed by atoms with van der Waals surface area (Å²) >= 11 is 2.30. The van der Waals surface area contributed by atoms with Crippen LogP contribution in [0.4, 0.5) is 0 Å². The molecular weight excluding hydrogens is 361 g/mol. The first-order valence-corrected chi connectivity index (χ1v) is 7.95. The van der Waals surface area contributed by atoms with Gasteiger partial charge in [0.25, 0.3) is 0 Å². The molecule has 0 aliphatic carbocycles. The molecule has 2 nitrogen and oxygen atoms in total. The van der Waals surface area contributed by atoms with Crippen molar-refractivity contribution in [1.29, 1.82) is 0 Å². The van der Waals surface area contributed by atoms with Crippen molar-refractivity contribution in [2.24, 2.45) is 5.92 Å². The highest BCUT2D eigenvalue weighted by Gasteiger charge is 2.06. The monoisotopic (exact) mass is 381 g/mol. The first kappa shape index (κ1) is 15.3. The molecular formula is C17H20INO. The number of para-hydroxylation sites is 2. The van der Waals surface area contributed by atoms with E-state index in [0.717, 1.165) is 28.2 Å². The number of rotatable bonds is 6. The molecule has 0 bridgehead atoms. The van der Waals surface area contributed by atoms with Gasteiger partial charge in [0.15, 0.2) is 0 Å². The highest BCUT2D eigenvalue weighted by atomic mass is 127. The molecule has 0 amide bonds. The van der Waals surface area contributed by atoms with Crippen LogP contribution in [-0.4, -0.2) is 6.54 Å². The lowest BCUT2D eigenvalue weighted by molar-refractivity contribution is 0.466. The Hall–Kier alpha value is -1.07. The fraction of sp³-hybridized carbons (Fsp3) is 0.294. The Labute approximate surface area is 134 Å². The van der Waals surface area contributed by atoms with Crippen LogP contribution in [-0.2, 0) is 6.54 Å². The molecule has 0 fully saturated rings. The van der Waals surface area contributed by atoms with Crippen LogP contribution in [0.5, 0.6) is 11.5 Å². The molecule has 0 atom stereocenters. The van der Waals surface area contributed by atoms with Crippen molar-refractivity contribution in [3.8, 4) is 11.5 Å². The Morgan fingerprint density at radius 3 is 2.35 bits per heavy atom. The standard InChI is InChI=1S/C17H20INO/c1-13(2)11-19-12-14-7-3-5-9-16(14)20-17-10-6-4-8-15(17)18/h3-10,13,19H,11-12H2,1-2H3. The molecule has 2 aromatic carbocycles. The number of benzene rings is 2. The minimum absolute atomic E-state index is 0.651. The second kappa shape index (κ2) is 7.64. The third-order valence-corrected chi connectivity index (χ3v) is 3.79. The van der Waals surface area contributed by atoms with Gasteiger partial charge in [-0.3, -0.25) is 0 Å². The summed E-state index contributed by atoms with van der Waals surface area (Å²) < 4.78 is 7.17. The highest BCUT2D eigenvalue weighted by Crippen LogP contribution is 2.28. The zero-order valence-corrected chi connectivity index (χ0v) is 14.1. The largest absolute Gasteiger partial charge is 0.456 e. The van der Waals surface area contributed by atoms with Crippen molar-refractivity contribution in [2.45, 2.75) is 20.4 Å². The number of nitrogens with one attached hydrogen (secondary N) is 1. The lowest BCUT2D eigenvalue weighted by Crippen LogP contribution is -2.19. The minimum atomic E-state index is 0.651. The van der Waals surface area contributed by atoms with E-state index in [1.54, 1.807) is 0 Å². The Morgan fingerprint density at radius 1 is 1.00 bits per heavy atom. The summed E-state index contributed by atoms with van der Waals surface area (Å²) in [6, 6.07) is 16.3. The van der Waals surface area contributed by atoms with E-state index in [4.69, 9.17) is 4.74 Å². The Kier molecular flexibility index (Phi) is 5.86. The Morgan fingerprint density at radius 2 is 1.65 bits per heavy atom. The fourth-order valence-electron chi connectivity index (χ4n) is 1.89. The number of halogens is 1. The van der Waals surface area contributed by atoms with Crippen molar-refractivity contribution in [1.82, 2.24) is 5.32 Å². The van der Waals surface area contributed by atoms with Crippen molar-refractivity contribution in [3.05, 3.63) is 57.7 Å². The van der Waals surface area contributed by atoms with E-state index in [1.807, 2.05) is 30.3 Å². The zero-order chi connectivity index (χ0) is 14.4. The van der Waals surface area contributed by atoms with Crippen molar-refractivity contribution in [3.63, 3.8) is 0 Å². The van der Waals surface area contributed by atoms with Crippen LogP contribution in [0, 0.1) is 9.49 Å². The third kappa shape index (κ3) is 4.49. The molecule has 0 aromatic heterocycles. The van der Waals surface area contributed by atoms with E-state index in [2.05, 4.69) is 60.0 Å². The topological polar surface area (TPSA) is 21.3 Å². The van der Waals surface area contributed by atoms with Gasteiger partial charge >= 0.3 is 0 Å². The molecule has 1 N–H and O–H groups in total. The van der Waals surface area contributed by atoms with Gasteiger partial charge in [0.2, 0.25) is 0 Å². The van der Waals surface area contributed by atoms with Crippen molar-refractivity contribution >= 4 is 22.6 Å². The average Bonchev–Trinajstić information content (AvgIpc) is 2.43. The van der Waals surface area contributed by atoms with Gasteiger partial charge in [-0.25, -0.2) is 0 Å². The van der Waals surface area contributed by atoms with E-state index in [9.17, 15) is 0 Å². The SMILES string of the molecule is CC(C)CNCc1ccccc1Oc1ccccc1I. The predicted molar refractivity (Wildman–Crippen MR) is 92.2 cm³/mol. The molecule has 0 saturated heterocycles. The van der Waals surface area contributed by atoms with Gasteiger partial charge in [-0.2, -0.15) is 0 Å². The second-order valence-corrected chi connectivity index (χ2v) is 6.33. The normalized spacial score (nSPS) is 10.8. The Bertz CT molecular complexity index is 554. The van der Waals surface area contributed by atoms with Gasteiger partial charge < -0.3 is 10.1 Å². The van der Waals surface area contributed by atoms with Gasteiger partial charge in [-0.1, -0.05) is 44.2 Å². The van der Waals surface area contributed by atoms with Gasteiger partial charge in [-0.15, -0.1) is 0 Å². The first-order chi connectivity index (χ1) is 9.66. The molecule has 2 rings (SSSR count). The fourth-order valence-corrected chi connectivity index (χ4v) is 2.39. The maximum Gasteiger partial charge on any atom is 0.140 e. The molecule has 106 valence electrons. The molecule has 3 heteroatoms. The van der Waals surface area contributed by atoms with Crippen molar-refractivity contribution in [2.75, 3.05) is 6.54 Å². The van der Waals surface area contributed by atoms with Gasteiger partial charge in [0, 0.05) is 12.1 Å². The summed E-state index contributed by atoms with van der Waals surface area (Å²) in [6.45, 7) is 6.26. The lowest BCUT2D eigenvalue weighted by Gasteiger charge is -2.13. The maximum absolute atomic E-state index is 6.05. The van der Waals surface area contributed by atoms with E-state index in [1.165, 1.54) is 5.56 Å². The maximum atomic E-state index is 6.05. The van der Waals surface area contributed by atoms with Gasteiger partial charge in [0.05, 0.1) is 3.57 Å². The van der Waals surface area contributed by atoms with Crippen LogP contribution in [0.2, 0.25) is 0 Å².